The van der Waals surface area contributed by atoms with Crippen LogP contribution in [0.3, 0.4) is 0 Å². The van der Waals surface area contributed by atoms with Gasteiger partial charge >= 0.3 is 0 Å². The Morgan fingerprint density at radius 1 is 0.400 bits per heavy atom. The maximum Gasteiger partial charge on any atom is 0.0887 e. The fourth-order valence-electron chi connectivity index (χ4n) is 12.8. The van der Waals surface area contributed by atoms with Gasteiger partial charge in [-0.2, -0.15) is 0 Å². The van der Waals surface area contributed by atoms with Crippen molar-refractivity contribution in [1.29, 1.82) is 0 Å². The lowest BCUT2D eigenvalue weighted by Crippen LogP contribution is -2.34. The van der Waals surface area contributed by atoms with Crippen molar-refractivity contribution >= 4 is 79.3 Å². The summed E-state index contributed by atoms with van der Waals surface area (Å²) in [6.07, 6.45) is 4.55. The summed E-state index contributed by atoms with van der Waals surface area (Å²) in [7, 11) is 0. The summed E-state index contributed by atoms with van der Waals surface area (Å²) >= 11 is 10.3. The fourth-order valence-corrected chi connectivity index (χ4v) is 14.1. The molecule has 0 saturated carbocycles. The first kappa shape index (κ1) is 47.7. The van der Waals surface area contributed by atoms with Crippen molar-refractivity contribution in [3.05, 3.63) is 221 Å². The molecule has 0 fully saturated rings. The molecule has 10 aromatic rings. The van der Waals surface area contributed by atoms with Crippen molar-refractivity contribution in [2.45, 2.75) is 113 Å². The molecular formula is C70H64ClN3S. The van der Waals surface area contributed by atoms with Crippen molar-refractivity contribution in [2.75, 3.05) is 9.80 Å². The Bertz CT molecular complexity index is 3830. The quantitative estimate of drug-likeness (QED) is 0.165. The van der Waals surface area contributed by atoms with Gasteiger partial charge in [0.1, 0.15) is 0 Å². The van der Waals surface area contributed by atoms with Crippen LogP contribution < -0.4 is 9.80 Å². The molecule has 0 unspecified atom stereocenters. The molecule has 0 amide bonds. The minimum atomic E-state index is -0.00797. The molecule has 75 heavy (non-hydrogen) atoms. The second-order valence-corrected chi connectivity index (χ2v) is 25.5. The number of anilines is 6. The number of rotatable bonds is 6. The number of para-hydroxylation sites is 3. The van der Waals surface area contributed by atoms with Gasteiger partial charge in [0.25, 0.3) is 0 Å². The molecular weight excluding hydrogens is 950 g/mol. The second kappa shape index (κ2) is 17.5. The van der Waals surface area contributed by atoms with Gasteiger partial charge in [0.2, 0.25) is 0 Å². The maximum atomic E-state index is 8.48. The number of benzene rings is 9. The fraction of sp³-hybridized carbons (Fsp3) is 0.229. The first-order valence-electron chi connectivity index (χ1n) is 26.9. The smallest absolute Gasteiger partial charge is 0.0887 e. The maximum absolute atomic E-state index is 8.48. The van der Waals surface area contributed by atoms with E-state index in [1.54, 1.807) is 0 Å². The highest BCUT2D eigenvalue weighted by Gasteiger charge is 2.40. The average molecular weight is 1010 g/mol. The van der Waals surface area contributed by atoms with E-state index >= 15 is 0 Å². The normalized spacial score (nSPS) is 16.7. The molecule has 3 nitrogen and oxygen atoms in total. The molecule has 13 rings (SSSR count). The first-order chi connectivity index (χ1) is 36.1. The Morgan fingerprint density at radius 2 is 0.920 bits per heavy atom. The Kier molecular flexibility index (Phi) is 11.2. The summed E-state index contributed by atoms with van der Waals surface area (Å²) in [6, 6.07) is 72.6. The van der Waals surface area contributed by atoms with Crippen LogP contribution in [0.5, 0.6) is 0 Å². The average Bonchev–Trinajstić information content (AvgIpc) is 3.74. The number of hydrogen-bond acceptors (Lipinski definition) is 3. The number of halogens is 1. The van der Waals surface area contributed by atoms with E-state index in [0.717, 1.165) is 81.3 Å². The Labute approximate surface area is 452 Å². The van der Waals surface area contributed by atoms with E-state index in [-0.39, 0.29) is 21.7 Å². The van der Waals surface area contributed by atoms with E-state index in [0.29, 0.717) is 5.02 Å². The number of fused-ring (bicyclic) bond motifs is 9. The lowest BCUT2D eigenvalue weighted by atomic mass is 9.63. The molecule has 0 saturated heterocycles. The summed E-state index contributed by atoms with van der Waals surface area (Å²) in [5, 5.41) is 3.11. The molecule has 2 bridgehead atoms. The third kappa shape index (κ3) is 7.93. The molecule has 372 valence electrons. The SMILES string of the molecule is CC1(C)CCC(C)(C)c2cc(N(c3ccc4c(c3)C(C)(C)CCC4(C)C)c3cc(-c4cccc(-c5ccccc5)c4)cc(N4c5ccc6c7ccccc7n(c6c5)-c5ccccc5Sc5ccccc54)c3Cl)ccc21. The first-order valence-corrected chi connectivity index (χ1v) is 28.1. The summed E-state index contributed by atoms with van der Waals surface area (Å²) in [4.78, 5) is 7.24. The largest absolute Gasteiger partial charge is 0.309 e. The molecule has 1 aromatic heterocycles. The highest BCUT2D eigenvalue weighted by molar-refractivity contribution is 7.99. The highest BCUT2D eigenvalue weighted by atomic mass is 35.5. The van der Waals surface area contributed by atoms with E-state index in [4.69, 9.17) is 11.6 Å². The van der Waals surface area contributed by atoms with Crippen LogP contribution in [0.15, 0.2) is 204 Å². The van der Waals surface area contributed by atoms with Gasteiger partial charge in [0.05, 0.1) is 38.8 Å². The molecule has 3 aliphatic rings. The standard InChI is InChI=1S/C70H64ClN3S/c1-67(2)35-37-69(5,6)56-42-49(30-33-54(56)67)72(50-31-34-55-57(43-50)70(7,8)38-36-68(55,3)4)62-40-48(47-22-18-21-46(39-47)45-19-10-9-11-20-45)41-63(66(62)71)73-51-29-32-53-52-23-12-13-24-58(52)74(61(53)44-51)60-26-15-17-28-65(60)75-64-27-16-14-25-59(64)73/h9-34,39-44H,35-38H2,1-8H3. The zero-order chi connectivity index (χ0) is 51.6. The van der Waals surface area contributed by atoms with Crippen molar-refractivity contribution in [1.82, 2.24) is 4.57 Å². The van der Waals surface area contributed by atoms with Crippen molar-refractivity contribution in [3.63, 3.8) is 0 Å². The predicted octanol–water partition coefficient (Wildman–Crippen LogP) is 20.9. The van der Waals surface area contributed by atoms with Crippen LogP contribution in [0.1, 0.15) is 103 Å². The third-order valence-corrected chi connectivity index (χ3v) is 18.9. The predicted molar refractivity (Wildman–Crippen MR) is 321 cm³/mol. The van der Waals surface area contributed by atoms with Gasteiger partial charge in [0, 0.05) is 37.6 Å². The lowest BCUT2D eigenvalue weighted by Gasteiger charge is -2.43. The van der Waals surface area contributed by atoms with Gasteiger partial charge in [-0.1, -0.05) is 188 Å². The van der Waals surface area contributed by atoms with Gasteiger partial charge in [-0.3, -0.25) is 0 Å². The van der Waals surface area contributed by atoms with Gasteiger partial charge < -0.3 is 14.4 Å². The van der Waals surface area contributed by atoms with E-state index in [1.807, 2.05) is 11.8 Å². The monoisotopic (exact) mass is 1010 g/mol. The van der Waals surface area contributed by atoms with Crippen molar-refractivity contribution in [2.24, 2.45) is 0 Å². The summed E-state index contributed by atoms with van der Waals surface area (Å²) in [6.45, 7) is 19.4. The van der Waals surface area contributed by atoms with Crippen LogP contribution in [0.4, 0.5) is 34.1 Å². The highest BCUT2D eigenvalue weighted by Crippen LogP contribution is 2.56. The Balaban J connectivity index is 1.13. The molecule has 0 spiro atoms. The van der Waals surface area contributed by atoms with Gasteiger partial charge in [0.15, 0.2) is 0 Å². The van der Waals surface area contributed by atoms with Crippen LogP contribution in [0.2, 0.25) is 5.02 Å². The zero-order valence-corrected chi connectivity index (χ0v) is 46.0. The van der Waals surface area contributed by atoms with Crippen LogP contribution in [0, 0.1) is 0 Å². The van der Waals surface area contributed by atoms with E-state index in [1.165, 1.54) is 60.3 Å². The molecule has 2 aliphatic carbocycles. The molecule has 0 atom stereocenters. The van der Waals surface area contributed by atoms with Gasteiger partial charge in [-0.25, -0.2) is 0 Å². The molecule has 9 aromatic carbocycles. The van der Waals surface area contributed by atoms with Crippen LogP contribution >= 0.6 is 23.4 Å². The molecule has 2 heterocycles. The molecule has 0 radical (unpaired) electrons. The second-order valence-electron chi connectivity index (χ2n) is 24.0. The number of nitrogens with zero attached hydrogens (tertiary/aromatic N) is 3. The van der Waals surface area contributed by atoms with Crippen molar-refractivity contribution in [3.8, 4) is 27.9 Å². The van der Waals surface area contributed by atoms with E-state index in [2.05, 4.69) is 264 Å². The molecule has 0 N–H and O–H groups in total. The van der Waals surface area contributed by atoms with Crippen LogP contribution in [0.25, 0.3) is 49.7 Å². The van der Waals surface area contributed by atoms with Gasteiger partial charge in [-0.05, 0) is 177 Å². The Hall–Kier alpha value is -6.98. The van der Waals surface area contributed by atoms with Gasteiger partial charge in [-0.15, -0.1) is 0 Å². The minimum Gasteiger partial charge on any atom is -0.309 e. The van der Waals surface area contributed by atoms with E-state index < -0.39 is 0 Å². The summed E-state index contributed by atoms with van der Waals surface area (Å²) in [5.74, 6) is 0. The van der Waals surface area contributed by atoms with Crippen LogP contribution in [-0.4, -0.2) is 4.57 Å². The molecule has 1 aliphatic heterocycles. The Morgan fingerprint density at radius 3 is 1.57 bits per heavy atom. The van der Waals surface area contributed by atoms with Crippen LogP contribution in [-0.2, 0) is 21.7 Å². The number of hydrogen-bond donors (Lipinski definition) is 0. The summed E-state index contributed by atoms with van der Waals surface area (Å²) < 4.78 is 2.46. The van der Waals surface area contributed by atoms with Crippen molar-refractivity contribution < 1.29 is 0 Å². The van der Waals surface area contributed by atoms with E-state index in [9.17, 15) is 0 Å². The lowest BCUT2D eigenvalue weighted by molar-refractivity contribution is 0.332. The number of aromatic nitrogens is 1. The zero-order valence-electron chi connectivity index (χ0n) is 44.4. The topological polar surface area (TPSA) is 11.4 Å². The molecule has 5 heteroatoms. The third-order valence-electron chi connectivity index (χ3n) is 17.4. The summed E-state index contributed by atoms with van der Waals surface area (Å²) in [5.41, 5.74) is 20.0. The minimum absolute atomic E-state index is 0.00797.